The summed E-state index contributed by atoms with van der Waals surface area (Å²) in [7, 11) is 1.57. The number of fused-ring (bicyclic) bond motifs is 1. The fraction of sp³-hybridized carbons (Fsp3) is 0.471. The van der Waals surface area contributed by atoms with Gasteiger partial charge in [-0.15, -0.1) is 10.2 Å². The number of hydrogen-bond acceptors (Lipinski definition) is 6. The minimum absolute atomic E-state index is 0.0416. The number of amides is 1. The third kappa shape index (κ3) is 3.76. The van der Waals surface area contributed by atoms with Crippen LogP contribution < -0.4 is 15.5 Å². The molecule has 1 aliphatic rings. The molecule has 2 heterocycles. The molecule has 2 aromatic rings. The van der Waals surface area contributed by atoms with E-state index in [2.05, 4.69) is 34.8 Å². The Morgan fingerprint density at radius 3 is 2.88 bits per heavy atom. The lowest BCUT2D eigenvalue weighted by atomic mass is 10.0. The molecule has 26 heavy (non-hydrogen) atoms. The second kappa shape index (κ2) is 7.75. The van der Waals surface area contributed by atoms with Crippen LogP contribution in [-0.4, -0.2) is 39.7 Å². The number of carbonyl (C=O) groups excluding carboxylic acids is 1. The first kappa shape index (κ1) is 18.8. The van der Waals surface area contributed by atoms with Crippen LogP contribution in [0.2, 0.25) is 5.02 Å². The number of rotatable bonds is 5. The number of nitrogens with zero attached hydrogens (tertiary/aromatic N) is 3. The summed E-state index contributed by atoms with van der Waals surface area (Å²) in [6.45, 7) is 6.61. The number of thioether (sulfide) groups is 1. The maximum atomic E-state index is 12.8. The Labute approximate surface area is 161 Å². The smallest absolute Gasteiger partial charge is 0.236 e. The lowest BCUT2D eigenvalue weighted by molar-refractivity contribution is -0.121. The van der Waals surface area contributed by atoms with Crippen LogP contribution in [0.5, 0.6) is 5.75 Å². The van der Waals surface area contributed by atoms with Crippen molar-refractivity contribution in [2.24, 2.45) is 5.92 Å². The molecule has 1 amide bonds. The molecule has 0 saturated heterocycles. The van der Waals surface area contributed by atoms with Crippen LogP contribution in [0.15, 0.2) is 23.4 Å². The van der Waals surface area contributed by atoms with Crippen molar-refractivity contribution >= 4 is 29.3 Å². The van der Waals surface area contributed by atoms with Crippen LogP contribution >= 0.6 is 23.4 Å². The fourth-order valence-electron chi connectivity index (χ4n) is 2.69. The number of benzene rings is 1. The van der Waals surface area contributed by atoms with Crippen LogP contribution in [0, 0.1) is 12.8 Å². The van der Waals surface area contributed by atoms with Crippen molar-refractivity contribution in [3.8, 4) is 5.75 Å². The van der Waals surface area contributed by atoms with Crippen LogP contribution in [0.4, 0.5) is 0 Å². The second-order valence-corrected chi connectivity index (χ2v) is 8.06. The molecule has 0 spiro atoms. The van der Waals surface area contributed by atoms with E-state index in [1.54, 1.807) is 11.8 Å². The van der Waals surface area contributed by atoms with Gasteiger partial charge in [0, 0.05) is 6.54 Å². The zero-order valence-corrected chi connectivity index (χ0v) is 16.7. The van der Waals surface area contributed by atoms with Gasteiger partial charge in [0.2, 0.25) is 11.1 Å². The SMILES string of the molecule is COc1ccc([C@H]2Nn3c(C)nnc3S[C@@H]2C(=O)NCC(C)C)cc1Cl. The highest BCUT2D eigenvalue weighted by Crippen LogP contribution is 2.38. The summed E-state index contributed by atoms with van der Waals surface area (Å²) >= 11 is 7.69. The fourth-order valence-corrected chi connectivity index (χ4v) is 4.11. The number of methoxy groups -OCH3 is 1. The molecule has 1 aliphatic heterocycles. The molecule has 2 N–H and O–H groups in total. The van der Waals surface area contributed by atoms with Gasteiger partial charge in [-0.3, -0.25) is 4.79 Å². The molecule has 2 atom stereocenters. The topological polar surface area (TPSA) is 81.1 Å². The van der Waals surface area contributed by atoms with Crippen molar-refractivity contribution in [2.45, 2.75) is 37.2 Å². The molecule has 0 unspecified atom stereocenters. The molecule has 3 rings (SSSR count). The molecule has 0 saturated carbocycles. The van der Waals surface area contributed by atoms with Crippen LogP contribution in [0.3, 0.4) is 0 Å². The van der Waals surface area contributed by atoms with Gasteiger partial charge in [0.25, 0.3) is 0 Å². The highest BCUT2D eigenvalue weighted by Gasteiger charge is 2.37. The van der Waals surface area contributed by atoms with Gasteiger partial charge in [-0.05, 0) is 30.5 Å². The summed E-state index contributed by atoms with van der Waals surface area (Å²) in [5, 5.41) is 12.0. The molecule has 0 bridgehead atoms. The van der Waals surface area contributed by atoms with E-state index >= 15 is 0 Å². The first-order valence-electron chi connectivity index (χ1n) is 8.37. The van der Waals surface area contributed by atoms with E-state index in [-0.39, 0.29) is 11.9 Å². The minimum Gasteiger partial charge on any atom is -0.495 e. The maximum absolute atomic E-state index is 12.8. The van der Waals surface area contributed by atoms with E-state index in [4.69, 9.17) is 16.3 Å². The van der Waals surface area contributed by atoms with Crippen molar-refractivity contribution in [1.29, 1.82) is 0 Å². The van der Waals surface area contributed by atoms with Crippen LogP contribution in [0.25, 0.3) is 0 Å². The highest BCUT2D eigenvalue weighted by atomic mass is 35.5. The molecule has 0 aliphatic carbocycles. The molecule has 1 aromatic heterocycles. The summed E-state index contributed by atoms with van der Waals surface area (Å²) in [5.74, 6) is 1.67. The third-order valence-corrected chi connectivity index (χ3v) is 5.59. The predicted molar refractivity (Wildman–Crippen MR) is 102 cm³/mol. The summed E-state index contributed by atoms with van der Waals surface area (Å²) in [6.07, 6.45) is 0. The zero-order valence-electron chi connectivity index (χ0n) is 15.1. The third-order valence-electron chi connectivity index (χ3n) is 4.08. The summed E-state index contributed by atoms with van der Waals surface area (Å²) in [6, 6.07) is 5.27. The van der Waals surface area contributed by atoms with E-state index < -0.39 is 5.25 Å². The first-order chi connectivity index (χ1) is 12.4. The quantitative estimate of drug-likeness (QED) is 0.810. The molecule has 0 fully saturated rings. The monoisotopic (exact) mass is 395 g/mol. The van der Waals surface area contributed by atoms with E-state index in [0.717, 1.165) is 11.4 Å². The zero-order chi connectivity index (χ0) is 18.8. The Morgan fingerprint density at radius 1 is 1.46 bits per heavy atom. The average molecular weight is 396 g/mol. The molecule has 7 nitrogen and oxygen atoms in total. The minimum atomic E-state index is -0.394. The molecule has 0 radical (unpaired) electrons. The van der Waals surface area contributed by atoms with E-state index in [1.165, 1.54) is 11.8 Å². The van der Waals surface area contributed by atoms with Crippen molar-refractivity contribution in [1.82, 2.24) is 20.2 Å². The van der Waals surface area contributed by atoms with Crippen molar-refractivity contribution < 1.29 is 9.53 Å². The Hall–Kier alpha value is -1.93. The van der Waals surface area contributed by atoms with Crippen LogP contribution in [0.1, 0.15) is 31.3 Å². The lowest BCUT2D eigenvalue weighted by Crippen LogP contribution is -2.45. The number of carbonyl (C=O) groups is 1. The van der Waals surface area contributed by atoms with Gasteiger partial charge < -0.3 is 15.5 Å². The first-order valence-corrected chi connectivity index (χ1v) is 9.62. The Balaban J connectivity index is 1.94. The Kier molecular flexibility index (Phi) is 5.62. The van der Waals surface area contributed by atoms with Gasteiger partial charge in [0.15, 0.2) is 0 Å². The highest BCUT2D eigenvalue weighted by molar-refractivity contribution is 8.00. The van der Waals surface area contributed by atoms with E-state index in [1.807, 2.05) is 25.1 Å². The van der Waals surface area contributed by atoms with Crippen LogP contribution in [-0.2, 0) is 4.79 Å². The Bertz CT molecular complexity index is 810. The van der Waals surface area contributed by atoms with Gasteiger partial charge >= 0.3 is 0 Å². The number of nitrogens with one attached hydrogen (secondary N) is 2. The second-order valence-electron chi connectivity index (χ2n) is 6.54. The molecular weight excluding hydrogens is 374 g/mol. The van der Waals surface area contributed by atoms with Gasteiger partial charge in [0.05, 0.1) is 18.2 Å². The normalized spacial score (nSPS) is 19.0. The van der Waals surface area contributed by atoms with Gasteiger partial charge in [0.1, 0.15) is 16.8 Å². The number of aromatic nitrogens is 3. The summed E-state index contributed by atoms with van der Waals surface area (Å²) < 4.78 is 7.03. The molecule has 140 valence electrons. The average Bonchev–Trinajstić information content (AvgIpc) is 2.98. The number of aryl methyl sites for hydroxylation is 1. The number of halogens is 1. The summed E-state index contributed by atoms with van der Waals surface area (Å²) in [5.41, 5.74) is 4.25. The van der Waals surface area contributed by atoms with Crippen molar-refractivity contribution in [2.75, 3.05) is 19.1 Å². The molecular formula is C17H22ClN5O2S. The number of hydrogen-bond donors (Lipinski definition) is 2. The van der Waals surface area contributed by atoms with E-state index in [9.17, 15) is 4.79 Å². The Morgan fingerprint density at radius 2 is 2.23 bits per heavy atom. The van der Waals surface area contributed by atoms with E-state index in [0.29, 0.717) is 28.4 Å². The molecule has 1 aromatic carbocycles. The largest absolute Gasteiger partial charge is 0.495 e. The maximum Gasteiger partial charge on any atom is 0.236 e. The predicted octanol–water partition coefficient (Wildman–Crippen LogP) is 2.78. The van der Waals surface area contributed by atoms with Gasteiger partial charge in [-0.2, -0.15) is 0 Å². The summed E-state index contributed by atoms with van der Waals surface area (Å²) in [4.78, 5) is 12.8. The lowest BCUT2D eigenvalue weighted by Gasteiger charge is -2.33. The van der Waals surface area contributed by atoms with Crippen molar-refractivity contribution in [3.05, 3.63) is 34.6 Å². The van der Waals surface area contributed by atoms with Gasteiger partial charge in [-0.25, -0.2) is 4.68 Å². The van der Waals surface area contributed by atoms with Gasteiger partial charge in [-0.1, -0.05) is 43.3 Å². The van der Waals surface area contributed by atoms with Crippen molar-refractivity contribution in [3.63, 3.8) is 0 Å². The standard InChI is InChI=1S/C17H22ClN5O2S/c1-9(2)8-19-16(24)15-14(11-5-6-13(25-4)12(18)7-11)22-23-10(3)20-21-17(23)26-15/h5-7,9,14-15,22H,8H2,1-4H3,(H,19,24)/t14-,15+/m1/s1. The molecule has 9 heteroatoms. The number of ether oxygens (including phenoxy) is 1.